The minimum absolute atomic E-state index is 0.0383. The van der Waals surface area contributed by atoms with E-state index in [1.807, 2.05) is 30.3 Å². The Morgan fingerprint density at radius 3 is 2.37 bits per heavy atom. The highest BCUT2D eigenvalue weighted by atomic mass is 32.1. The number of amides is 1. The van der Waals surface area contributed by atoms with E-state index < -0.39 is 12.1 Å². The minimum atomic E-state index is -0.937. The molecule has 0 spiro atoms. The lowest BCUT2D eigenvalue weighted by molar-refractivity contribution is 0.0697. The molecule has 1 amide bonds. The van der Waals surface area contributed by atoms with Crippen LogP contribution in [0, 0.1) is 0 Å². The Balaban J connectivity index is 1.28. The normalized spacial score (nSPS) is 12.5. The molecule has 0 saturated heterocycles. The maximum absolute atomic E-state index is 12.1. The molecular formula is C24H21NO4S. The average Bonchev–Trinajstić information content (AvgIpc) is 3.35. The summed E-state index contributed by atoms with van der Waals surface area (Å²) in [5.74, 6) is -0.899. The lowest BCUT2D eigenvalue weighted by atomic mass is 9.98. The SMILES string of the molecule is O=C(NCCC=Cc1sccc1C(=O)O)OCC1c2ccccc2-c2ccccc21. The molecule has 0 fully saturated rings. The number of carboxylic acid groups (broad SMARTS) is 1. The number of aromatic carboxylic acids is 1. The van der Waals surface area contributed by atoms with Crippen LogP contribution in [-0.4, -0.2) is 30.3 Å². The van der Waals surface area contributed by atoms with Gasteiger partial charge in [-0.15, -0.1) is 11.3 Å². The van der Waals surface area contributed by atoms with E-state index in [4.69, 9.17) is 9.84 Å². The third-order valence-electron chi connectivity index (χ3n) is 5.12. The Morgan fingerprint density at radius 2 is 1.70 bits per heavy atom. The molecule has 5 nitrogen and oxygen atoms in total. The summed E-state index contributed by atoms with van der Waals surface area (Å²) in [6.07, 6.45) is 3.75. The number of hydrogen-bond donors (Lipinski definition) is 2. The molecule has 1 aliphatic carbocycles. The van der Waals surface area contributed by atoms with Crippen LogP contribution in [0.3, 0.4) is 0 Å². The van der Waals surface area contributed by atoms with E-state index in [9.17, 15) is 9.59 Å². The molecule has 2 N–H and O–H groups in total. The molecule has 1 aliphatic rings. The van der Waals surface area contributed by atoms with Crippen molar-refractivity contribution in [2.45, 2.75) is 12.3 Å². The van der Waals surface area contributed by atoms with Crippen LogP contribution < -0.4 is 5.32 Å². The van der Waals surface area contributed by atoms with Crippen molar-refractivity contribution in [1.82, 2.24) is 5.32 Å². The smallest absolute Gasteiger partial charge is 0.407 e. The van der Waals surface area contributed by atoms with E-state index >= 15 is 0 Å². The van der Waals surface area contributed by atoms with Crippen molar-refractivity contribution in [1.29, 1.82) is 0 Å². The number of carboxylic acids is 1. The fraction of sp³-hybridized carbons (Fsp3) is 0.167. The molecule has 0 unspecified atom stereocenters. The molecule has 1 heterocycles. The third kappa shape index (κ3) is 4.14. The molecule has 0 radical (unpaired) electrons. The maximum Gasteiger partial charge on any atom is 0.407 e. The molecule has 4 rings (SSSR count). The Labute approximate surface area is 178 Å². The molecular weight excluding hydrogens is 398 g/mol. The van der Waals surface area contributed by atoms with Gasteiger partial charge in [0, 0.05) is 17.3 Å². The van der Waals surface area contributed by atoms with Crippen molar-refractivity contribution in [2.75, 3.05) is 13.2 Å². The summed E-state index contributed by atoms with van der Waals surface area (Å²) in [4.78, 5) is 23.9. The first-order chi connectivity index (χ1) is 14.6. The van der Waals surface area contributed by atoms with Crippen LogP contribution in [0.2, 0.25) is 0 Å². The number of thiophene rings is 1. The number of alkyl carbamates (subject to hydrolysis) is 1. The number of ether oxygens (including phenoxy) is 1. The largest absolute Gasteiger partial charge is 0.478 e. The Morgan fingerprint density at radius 1 is 1.03 bits per heavy atom. The zero-order chi connectivity index (χ0) is 20.9. The highest BCUT2D eigenvalue weighted by Gasteiger charge is 2.28. The van der Waals surface area contributed by atoms with Crippen LogP contribution in [0.4, 0.5) is 4.79 Å². The summed E-state index contributed by atoms with van der Waals surface area (Å²) in [7, 11) is 0. The second-order valence-electron chi connectivity index (χ2n) is 6.95. The van der Waals surface area contributed by atoms with Gasteiger partial charge < -0.3 is 15.2 Å². The van der Waals surface area contributed by atoms with Crippen molar-refractivity contribution >= 4 is 29.5 Å². The van der Waals surface area contributed by atoms with Crippen LogP contribution >= 0.6 is 11.3 Å². The topological polar surface area (TPSA) is 75.6 Å². The average molecular weight is 420 g/mol. The number of nitrogens with one attached hydrogen (secondary N) is 1. The monoisotopic (exact) mass is 419 g/mol. The first-order valence-electron chi connectivity index (χ1n) is 9.71. The molecule has 30 heavy (non-hydrogen) atoms. The molecule has 0 bridgehead atoms. The third-order valence-corrected chi connectivity index (χ3v) is 6.00. The number of benzene rings is 2. The fourth-order valence-corrected chi connectivity index (χ4v) is 4.53. The molecule has 0 saturated carbocycles. The molecule has 2 aromatic carbocycles. The van der Waals surface area contributed by atoms with Crippen molar-refractivity contribution in [3.8, 4) is 11.1 Å². The van der Waals surface area contributed by atoms with Crippen LogP contribution in [0.1, 0.15) is 38.7 Å². The van der Waals surface area contributed by atoms with Crippen molar-refractivity contribution in [3.63, 3.8) is 0 Å². The minimum Gasteiger partial charge on any atom is -0.478 e. The van der Waals surface area contributed by atoms with Crippen LogP contribution in [0.25, 0.3) is 17.2 Å². The number of hydrogen-bond acceptors (Lipinski definition) is 4. The van der Waals surface area contributed by atoms with Crippen molar-refractivity contribution < 1.29 is 19.4 Å². The van der Waals surface area contributed by atoms with Gasteiger partial charge in [-0.2, -0.15) is 0 Å². The van der Waals surface area contributed by atoms with Gasteiger partial charge in [0.1, 0.15) is 6.61 Å². The highest BCUT2D eigenvalue weighted by molar-refractivity contribution is 7.11. The van der Waals surface area contributed by atoms with Crippen molar-refractivity contribution in [3.05, 3.63) is 87.6 Å². The van der Waals surface area contributed by atoms with E-state index in [-0.39, 0.29) is 12.5 Å². The van der Waals surface area contributed by atoms with Gasteiger partial charge in [0.2, 0.25) is 0 Å². The second kappa shape index (κ2) is 8.97. The van der Waals surface area contributed by atoms with Gasteiger partial charge in [0.05, 0.1) is 5.56 Å². The maximum atomic E-state index is 12.1. The molecule has 152 valence electrons. The summed E-state index contributed by atoms with van der Waals surface area (Å²) in [6, 6.07) is 18.0. The number of fused-ring (bicyclic) bond motifs is 3. The van der Waals surface area contributed by atoms with Gasteiger partial charge in [0.15, 0.2) is 0 Å². The molecule has 3 aromatic rings. The predicted octanol–water partition coefficient (Wildman–Crippen LogP) is 5.39. The zero-order valence-corrected chi connectivity index (χ0v) is 17.0. The number of rotatable bonds is 7. The van der Waals surface area contributed by atoms with E-state index in [0.717, 1.165) is 0 Å². The summed E-state index contributed by atoms with van der Waals surface area (Å²) in [6.45, 7) is 0.702. The molecule has 0 atom stereocenters. The van der Waals surface area contributed by atoms with E-state index in [1.54, 1.807) is 17.5 Å². The molecule has 6 heteroatoms. The van der Waals surface area contributed by atoms with Gasteiger partial charge in [-0.1, -0.05) is 54.6 Å². The van der Waals surface area contributed by atoms with Gasteiger partial charge in [-0.25, -0.2) is 9.59 Å². The lowest BCUT2D eigenvalue weighted by Crippen LogP contribution is -2.26. The first-order valence-corrected chi connectivity index (χ1v) is 10.6. The zero-order valence-electron chi connectivity index (χ0n) is 16.2. The van der Waals surface area contributed by atoms with Gasteiger partial charge >= 0.3 is 12.1 Å². The summed E-state index contributed by atoms with van der Waals surface area (Å²) >= 11 is 1.37. The summed E-state index contributed by atoms with van der Waals surface area (Å²) in [5, 5.41) is 13.6. The molecule has 1 aromatic heterocycles. The summed E-state index contributed by atoms with van der Waals surface area (Å²) in [5.41, 5.74) is 5.04. The first kappa shape index (κ1) is 19.9. The van der Waals surface area contributed by atoms with E-state index in [2.05, 4.69) is 29.6 Å². The Kier molecular flexibility index (Phi) is 5.95. The second-order valence-corrected chi connectivity index (χ2v) is 7.89. The Bertz CT molecular complexity index is 1060. The fourth-order valence-electron chi connectivity index (χ4n) is 3.72. The summed E-state index contributed by atoms with van der Waals surface area (Å²) < 4.78 is 5.49. The van der Waals surface area contributed by atoms with Crippen LogP contribution in [0.15, 0.2) is 66.1 Å². The van der Waals surface area contributed by atoms with E-state index in [0.29, 0.717) is 23.4 Å². The standard InChI is InChI=1S/C24H21NO4S/c26-23(27)20-12-14-30-22(20)11-5-6-13-25-24(28)29-15-21-18-9-3-1-7-16(18)17-8-2-4-10-19(17)21/h1-5,7-12,14,21H,6,13,15H2,(H,25,28)(H,26,27). The van der Waals surface area contributed by atoms with Crippen LogP contribution in [-0.2, 0) is 4.74 Å². The Hall–Kier alpha value is -3.38. The number of carbonyl (C=O) groups excluding carboxylic acids is 1. The quantitative estimate of drug-likeness (QED) is 0.504. The van der Waals surface area contributed by atoms with E-state index in [1.165, 1.54) is 33.6 Å². The lowest BCUT2D eigenvalue weighted by Gasteiger charge is -2.14. The van der Waals surface area contributed by atoms with Gasteiger partial charge in [-0.05, 0) is 46.2 Å². The van der Waals surface area contributed by atoms with Gasteiger partial charge in [-0.3, -0.25) is 0 Å². The van der Waals surface area contributed by atoms with Crippen LogP contribution in [0.5, 0.6) is 0 Å². The van der Waals surface area contributed by atoms with Crippen molar-refractivity contribution in [2.24, 2.45) is 0 Å². The highest BCUT2D eigenvalue weighted by Crippen LogP contribution is 2.44. The number of carbonyl (C=O) groups is 2. The molecule has 0 aliphatic heterocycles. The predicted molar refractivity (Wildman–Crippen MR) is 118 cm³/mol. The van der Waals surface area contributed by atoms with Gasteiger partial charge in [0.25, 0.3) is 0 Å².